The van der Waals surface area contributed by atoms with E-state index in [-0.39, 0.29) is 4.90 Å². The van der Waals surface area contributed by atoms with Crippen molar-refractivity contribution in [3.8, 4) is 0 Å². The van der Waals surface area contributed by atoms with E-state index in [0.717, 1.165) is 22.3 Å². The Morgan fingerprint density at radius 2 is 1.84 bits per heavy atom. The highest BCUT2D eigenvalue weighted by atomic mass is 32.2. The molecule has 1 atom stereocenters. The lowest BCUT2D eigenvalue weighted by Crippen LogP contribution is -2.30. The van der Waals surface area contributed by atoms with Crippen LogP contribution in [0.5, 0.6) is 0 Å². The highest BCUT2D eigenvalue weighted by Gasteiger charge is 2.38. The van der Waals surface area contributed by atoms with Crippen LogP contribution in [0.2, 0.25) is 0 Å². The van der Waals surface area contributed by atoms with Crippen LogP contribution in [0, 0.1) is 11.6 Å². The molecule has 0 bridgehead atoms. The lowest BCUT2D eigenvalue weighted by Gasteiger charge is -2.22. The molecule has 25 heavy (non-hydrogen) atoms. The van der Waals surface area contributed by atoms with Gasteiger partial charge in [-0.15, -0.1) is 11.3 Å². The number of para-hydroxylation sites is 1. The fraction of sp³-hybridized carbons (Fsp3) is 0.235. The van der Waals surface area contributed by atoms with Crippen molar-refractivity contribution in [1.82, 2.24) is 9.29 Å². The Bertz CT molecular complexity index is 996. The second kappa shape index (κ2) is 6.12. The summed E-state index contributed by atoms with van der Waals surface area (Å²) < 4.78 is 55.0. The first-order valence-electron chi connectivity index (χ1n) is 7.78. The number of aromatic nitrogens is 1. The summed E-state index contributed by atoms with van der Waals surface area (Å²) in [5.74, 6) is -1.82. The molecule has 1 aliphatic rings. The second-order valence-electron chi connectivity index (χ2n) is 5.90. The minimum absolute atomic E-state index is 0.307. The van der Waals surface area contributed by atoms with Crippen LogP contribution >= 0.6 is 11.3 Å². The van der Waals surface area contributed by atoms with Crippen LogP contribution in [-0.4, -0.2) is 24.3 Å². The van der Waals surface area contributed by atoms with Crippen molar-refractivity contribution in [2.45, 2.75) is 23.8 Å². The topological polar surface area (TPSA) is 50.3 Å². The molecule has 0 amide bonds. The maximum Gasteiger partial charge on any atom is 0.243 e. The molecule has 0 unspecified atom stereocenters. The Balaban J connectivity index is 1.75. The Morgan fingerprint density at radius 3 is 2.56 bits per heavy atom. The molecule has 2 heterocycles. The van der Waals surface area contributed by atoms with E-state index >= 15 is 0 Å². The number of hydrogen-bond donors (Lipinski definition) is 0. The summed E-state index contributed by atoms with van der Waals surface area (Å²) in [4.78, 5) is 4.19. The molecule has 1 aromatic heterocycles. The van der Waals surface area contributed by atoms with Gasteiger partial charge in [-0.05, 0) is 37.1 Å². The molecule has 3 aromatic rings. The third-order valence-electron chi connectivity index (χ3n) is 4.24. The summed E-state index contributed by atoms with van der Waals surface area (Å²) in [6, 6.07) is 9.56. The van der Waals surface area contributed by atoms with Gasteiger partial charge >= 0.3 is 0 Å². The maximum absolute atomic E-state index is 13.5. The summed E-state index contributed by atoms with van der Waals surface area (Å²) in [6.07, 6.45) is 1.31. The number of nitrogens with zero attached hydrogens (tertiary/aromatic N) is 2. The predicted octanol–water partition coefficient (Wildman–Crippen LogP) is 4.10. The molecule has 0 radical (unpaired) electrons. The molecule has 1 saturated heterocycles. The van der Waals surface area contributed by atoms with Crippen LogP contribution in [0.25, 0.3) is 10.2 Å². The summed E-state index contributed by atoms with van der Waals surface area (Å²) in [6.45, 7) is 0.307. The first kappa shape index (κ1) is 16.6. The zero-order valence-electron chi connectivity index (χ0n) is 13.0. The standard InChI is InChI=1S/C17H14F2N2O2S2/c18-11-8-12(19)10-13(9-11)25(22,23)21-7-3-5-15(21)17-20-14-4-1-2-6-16(14)24-17/h1-2,4,6,8-10,15H,3,5,7H2/t15-/m0/s1. The molecule has 8 heteroatoms. The SMILES string of the molecule is O=S(=O)(c1cc(F)cc(F)c1)N1CCC[C@H]1c1nc2ccccc2s1. The fourth-order valence-corrected chi connectivity index (χ4v) is 6.01. The number of hydrogen-bond acceptors (Lipinski definition) is 4. The Hall–Kier alpha value is -1.90. The van der Waals surface area contributed by atoms with Crippen LogP contribution in [-0.2, 0) is 10.0 Å². The first-order chi connectivity index (χ1) is 11.9. The summed E-state index contributed by atoms with van der Waals surface area (Å²) in [5, 5.41) is 0.708. The van der Waals surface area contributed by atoms with Crippen molar-refractivity contribution < 1.29 is 17.2 Å². The van der Waals surface area contributed by atoms with Crippen LogP contribution < -0.4 is 0 Å². The maximum atomic E-state index is 13.5. The molecule has 2 aromatic carbocycles. The molecular weight excluding hydrogens is 366 g/mol. The van der Waals surface area contributed by atoms with Crippen molar-refractivity contribution in [2.75, 3.05) is 6.54 Å². The number of thiazole rings is 1. The fourth-order valence-electron chi connectivity index (χ4n) is 3.12. The van der Waals surface area contributed by atoms with Gasteiger partial charge in [-0.3, -0.25) is 0 Å². The largest absolute Gasteiger partial charge is 0.243 e. The molecule has 0 spiro atoms. The van der Waals surface area contributed by atoms with Gasteiger partial charge in [-0.25, -0.2) is 22.2 Å². The van der Waals surface area contributed by atoms with Gasteiger partial charge in [0.15, 0.2) is 0 Å². The van der Waals surface area contributed by atoms with Crippen molar-refractivity contribution in [3.63, 3.8) is 0 Å². The third kappa shape index (κ3) is 2.94. The monoisotopic (exact) mass is 380 g/mol. The Labute approximate surface area is 147 Å². The summed E-state index contributed by atoms with van der Waals surface area (Å²) in [7, 11) is -4.00. The summed E-state index contributed by atoms with van der Waals surface area (Å²) in [5.41, 5.74) is 0.823. The Morgan fingerprint density at radius 1 is 1.12 bits per heavy atom. The number of benzene rings is 2. The lowest BCUT2D eigenvalue weighted by molar-refractivity contribution is 0.395. The van der Waals surface area contributed by atoms with Gasteiger partial charge in [0.1, 0.15) is 16.6 Å². The van der Waals surface area contributed by atoms with Crippen LogP contribution in [0.3, 0.4) is 0 Å². The summed E-state index contributed by atoms with van der Waals surface area (Å²) >= 11 is 1.45. The highest BCUT2D eigenvalue weighted by molar-refractivity contribution is 7.89. The van der Waals surface area contributed by atoms with Crippen molar-refractivity contribution >= 4 is 31.6 Å². The van der Waals surface area contributed by atoms with E-state index < -0.39 is 27.7 Å². The van der Waals surface area contributed by atoms with E-state index in [0.29, 0.717) is 30.5 Å². The lowest BCUT2D eigenvalue weighted by atomic mass is 10.2. The van der Waals surface area contributed by atoms with Crippen molar-refractivity contribution in [3.05, 3.63) is 59.1 Å². The van der Waals surface area contributed by atoms with E-state index in [4.69, 9.17) is 0 Å². The third-order valence-corrected chi connectivity index (χ3v) is 7.27. The minimum Gasteiger partial charge on any atom is -0.239 e. The number of rotatable bonds is 3. The highest BCUT2D eigenvalue weighted by Crippen LogP contribution is 2.39. The van der Waals surface area contributed by atoms with Gasteiger partial charge in [0.25, 0.3) is 0 Å². The zero-order chi connectivity index (χ0) is 17.6. The average Bonchev–Trinajstić information content (AvgIpc) is 3.20. The van der Waals surface area contributed by atoms with E-state index in [1.54, 1.807) is 0 Å². The van der Waals surface area contributed by atoms with Crippen LogP contribution in [0.15, 0.2) is 47.4 Å². The van der Waals surface area contributed by atoms with Gasteiger partial charge < -0.3 is 0 Å². The van der Waals surface area contributed by atoms with Crippen LogP contribution in [0.1, 0.15) is 23.9 Å². The predicted molar refractivity (Wildman–Crippen MR) is 91.8 cm³/mol. The smallest absolute Gasteiger partial charge is 0.239 e. The van der Waals surface area contributed by atoms with E-state index in [1.807, 2.05) is 24.3 Å². The minimum atomic E-state index is -4.00. The number of fused-ring (bicyclic) bond motifs is 1. The quantitative estimate of drug-likeness (QED) is 0.687. The number of sulfonamides is 1. The first-order valence-corrected chi connectivity index (χ1v) is 10.0. The Kier molecular flexibility index (Phi) is 4.05. The molecule has 0 aliphatic carbocycles. The van der Waals surface area contributed by atoms with Crippen molar-refractivity contribution in [2.24, 2.45) is 0 Å². The molecule has 1 fully saturated rings. The normalized spacial score (nSPS) is 18.9. The van der Waals surface area contributed by atoms with Gasteiger partial charge in [-0.1, -0.05) is 12.1 Å². The van der Waals surface area contributed by atoms with Crippen LogP contribution in [0.4, 0.5) is 8.78 Å². The van der Waals surface area contributed by atoms with Gasteiger partial charge in [0, 0.05) is 12.6 Å². The van der Waals surface area contributed by atoms with E-state index in [2.05, 4.69) is 4.98 Å². The van der Waals surface area contributed by atoms with Crippen molar-refractivity contribution in [1.29, 1.82) is 0 Å². The molecule has 4 rings (SSSR count). The molecule has 4 nitrogen and oxygen atoms in total. The van der Waals surface area contributed by atoms with E-state index in [1.165, 1.54) is 15.6 Å². The second-order valence-corrected chi connectivity index (χ2v) is 8.85. The molecular formula is C17H14F2N2O2S2. The molecule has 130 valence electrons. The zero-order valence-corrected chi connectivity index (χ0v) is 14.7. The van der Waals surface area contributed by atoms with E-state index in [9.17, 15) is 17.2 Å². The molecule has 1 aliphatic heterocycles. The molecule has 0 saturated carbocycles. The van der Waals surface area contributed by atoms with Gasteiger partial charge in [0.2, 0.25) is 10.0 Å². The van der Waals surface area contributed by atoms with Gasteiger partial charge in [-0.2, -0.15) is 4.31 Å². The molecule has 0 N–H and O–H groups in total. The average molecular weight is 380 g/mol. The number of halogens is 2. The van der Waals surface area contributed by atoms with Gasteiger partial charge in [0.05, 0.1) is 21.2 Å².